The number of hydrogen-bond donors (Lipinski definition) is 1. The number of hydrogen-bond acceptors (Lipinski definition) is 3. The fourth-order valence-electron chi connectivity index (χ4n) is 5.14. The van der Waals surface area contributed by atoms with E-state index in [-0.39, 0.29) is 31.3 Å². The number of rotatable bonds is 5. The summed E-state index contributed by atoms with van der Waals surface area (Å²) in [5.41, 5.74) is -1.56. The van der Waals surface area contributed by atoms with Gasteiger partial charge in [0.25, 0.3) is 0 Å². The average molecular weight is 516 g/mol. The predicted octanol–water partition coefficient (Wildman–Crippen LogP) is 5.94. The number of nitrogens with zero attached hydrogens (tertiary/aromatic N) is 2. The van der Waals surface area contributed by atoms with E-state index in [1.807, 2.05) is 24.3 Å². The van der Waals surface area contributed by atoms with Crippen molar-refractivity contribution in [2.75, 3.05) is 32.8 Å². The summed E-state index contributed by atoms with van der Waals surface area (Å²) in [5.74, 6) is 0. The topological polar surface area (TPSA) is 53.0 Å². The minimum Gasteiger partial charge on any atom is -0.465 e. The van der Waals surface area contributed by atoms with Crippen LogP contribution in [-0.4, -0.2) is 53.8 Å². The summed E-state index contributed by atoms with van der Waals surface area (Å²) in [6, 6.07) is 9.21. The molecule has 0 radical (unpaired) electrons. The molecule has 1 aliphatic heterocycles. The minimum atomic E-state index is -4.94. The highest BCUT2D eigenvalue weighted by molar-refractivity contribution is 5.65. The Morgan fingerprint density at radius 2 is 1.58 bits per heavy atom. The Morgan fingerprint density at radius 1 is 1.00 bits per heavy atom. The van der Waals surface area contributed by atoms with Crippen molar-refractivity contribution in [1.82, 2.24) is 9.80 Å². The van der Waals surface area contributed by atoms with E-state index < -0.39 is 41.2 Å². The number of piperazine rings is 1. The van der Waals surface area contributed by atoms with Gasteiger partial charge in [0, 0.05) is 26.2 Å². The number of fused-ring (bicyclic) bond motifs is 1. The summed E-state index contributed by atoms with van der Waals surface area (Å²) in [6.07, 6.45) is -10.6. The third-order valence-electron chi connectivity index (χ3n) is 7.13. The van der Waals surface area contributed by atoms with Crippen LogP contribution in [0.25, 0.3) is 0 Å². The molecular formula is C25H26F6N2O3. The normalized spacial score (nSPS) is 21.9. The number of amides is 1. The molecule has 1 fully saturated rings. The molecule has 2 atom stereocenters. The van der Waals surface area contributed by atoms with E-state index in [2.05, 4.69) is 4.90 Å². The van der Waals surface area contributed by atoms with Crippen LogP contribution in [0, 0.1) is 0 Å². The zero-order chi connectivity index (χ0) is 26.3. The number of alkyl halides is 6. The molecule has 0 saturated carbocycles. The molecule has 36 heavy (non-hydrogen) atoms. The van der Waals surface area contributed by atoms with Crippen LogP contribution in [0.4, 0.5) is 31.1 Å². The first kappa shape index (κ1) is 26.3. The second-order valence-electron chi connectivity index (χ2n) is 9.24. The van der Waals surface area contributed by atoms with Gasteiger partial charge in [0.15, 0.2) is 0 Å². The molecule has 1 amide bonds. The van der Waals surface area contributed by atoms with Crippen LogP contribution in [0.1, 0.15) is 47.3 Å². The first-order chi connectivity index (χ1) is 16.8. The lowest BCUT2D eigenvalue weighted by molar-refractivity contribution is -0.143. The SMILES string of the molecule is CC(OC[C@]1(N2CCN(C(=O)O)CC2)CCc2ccccc21)c1cc(C(F)(F)F)cc(C(F)(F)F)c1. The van der Waals surface area contributed by atoms with Gasteiger partial charge in [-0.2, -0.15) is 26.3 Å². The minimum absolute atomic E-state index is 0.0375. The van der Waals surface area contributed by atoms with Gasteiger partial charge in [0.1, 0.15) is 0 Å². The molecular weight excluding hydrogens is 490 g/mol. The monoisotopic (exact) mass is 516 g/mol. The molecule has 0 bridgehead atoms. The maximum absolute atomic E-state index is 13.3. The quantitative estimate of drug-likeness (QED) is 0.500. The summed E-state index contributed by atoms with van der Waals surface area (Å²) in [6.45, 7) is 2.91. The van der Waals surface area contributed by atoms with Crippen molar-refractivity contribution >= 4 is 6.09 Å². The highest BCUT2D eigenvalue weighted by Gasteiger charge is 2.45. The second kappa shape index (κ2) is 9.59. The number of carbonyl (C=O) groups is 1. The predicted molar refractivity (Wildman–Crippen MR) is 118 cm³/mol. The molecule has 2 aromatic rings. The molecule has 1 unspecified atom stereocenters. The van der Waals surface area contributed by atoms with Gasteiger partial charge in [0.05, 0.1) is 29.4 Å². The zero-order valence-electron chi connectivity index (χ0n) is 19.5. The maximum Gasteiger partial charge on any atom is 0.416 e. The Kier molecular flexibility index (Phi) is 7.00. The smallest absolute Gasteiger partial charge is 0.416 e. The van der Waals surface area contributed by atoms with E-state index in [1.54, 1.807) is 0 Å². The Bertz CT molecular complexity index is 1080. The standard InChI is InChI=1S/C25H26F6N2O3/c1-16(18-12-19(24(26,27)28)14-20(13-18)25(29,30)31)36-15-23(7-6-17-4-2-3-5-21(17)23)33-10-8-32(9-11-33)22(34)35/h2-5,12-14,16H,6-11,15H2,1H3,(H,34,35)/t16?,23-/m1/s1. The molecule has 0 aromatic heterocycles. The molecule has 5 nitrogen and oxygen atoms in total. The Morgan fingerprint density at radius 3 is 2.14 bits per heavy atom. The first-order valence-electron chi connectivity index (χ1n) is 11.5. The summed E-state index contributed by atoms with van der Waals surface area (Å²) in [4.78, 5) is 14.8. The largest absolute Gasteiger partial charge is 0.465 e. The summed E-state index contributed by atoms with van der Waals surface area (Å²) >= 11 is 0. The van der Waals surface area contributed by atoms with Gasteiger partial charge in [-0.15, -0.1) is 0 Å². The van der Waals surface area contributed by atoms with E-state index in [0.717, 1.165) is 17.5 Å². The fraction of sp³-hybridized carbons (Fsp3) is 0.480. The lowest BCUT2D eigenvalue weighted by atomic mass is 9.89. The molecule has 1 heterocycles. The molecule has 1 aliphatic carbocycles. The molecule has 2 aromatic carbocycles. The number of halogens is 6. The molecule has 2 aliphatic rings. The third-order valence-corrected chi connectivity index (χ3v) is 7.13. The van der Waals surface area contributed by atoms with Crippen LogP contribution in [0.3, 0.4) is 0 Å². The summed E-state index contributed by atoms with van der Waals surface area (Å²) < 4.78 is 86.0. The number of benzene rings is 2. The van der Waals surface area contributed by atoms with E-state index in [0.29, 0.717) is 31.6 Å². The summed E-state index contributed by atoms with van der Waals surface area (Å²) in [7, 11) is 0. The average Bonchev–Trinajstić information content (AvgIpc) is 3.21. The van der Waals surface area contributed by atoms with E-state index >= 15 is 0 Å². The fourth-order valence-corrected chi connectivity index (χ4v) is 5.14. The van der Waals surface area contributed by atoms with Gasteiger partial charge >= 0.3 is 18.4 Å². The van der Waals surface area contributed by atoms with Crippen LogP contribution in [-0.2, 0) is 29.0 Å². The zero-order valence-corrected chi connectivity index (χ0v) is 19.5. The number of ether oxygens (including phenoxy) is 1. The van der Waals surface area contributed by atoms with Crippen molar-refractivity contribution in [3.8, 4) is 0 Å². The van der Waals surface area contributed by atoms with Crippen molar-refractivity contribution in [3.63, 3.8) is 0 Å². The Balaban J connectivity index is 1.62. The summed E-state index contributed by atoms with van der Waals surface area (Å²) in [5, 5.41) is 9.30. The first-order valence-corrected chi connectivity index (χ1v) is 11.5. The Labute approximate surface area is 204 Å². The molecule has 0 spiro atoms. The van der Waals surface area contributed by atoms with Crippen molar-refractivity contribution in [2.45, 2.75) is 43.8 Å². The highest BCUT2D eigenvalue weighted by Crippen LogP contribution is 2.44. The molecule has 1 N–H and O–H groups in total. The lowest BCUT2D eigenvalue weighted by Crippen LogP contribution is -2.57. The van der Waals surface area contributed by atoms with Crippen LogP contribution in [0.5, 0.6) is 0 Å². The van der Waals surface area contributed by atoms with Gasteiger partial charge in [-0.25, -0.2) is 4.79 Å². The van der Waals surface area contributed by atoms with Crippen molar-refractivity contribution in [1.29, 1.82) is 0 Å². The van der Waals surface area contributed by atoms with Gasteiger partial charge < -0.3 is 14.7 Å². The molecule has 1 saturated heterocycles. The highest BCUT2D eigenvalue weighted by atomic mass is 19.4. The maximum atomic E-state index is 13.3. The van der Waals surface area contributed by atoms with Crippen LogP contribution in [0.15, 0.2) is 42.5 Å². The third kappa shape index (κ3) is 5.17. The molecule has 4 rings (SSSR count). The number of aryl methyl sites for hydroxylation is 1. The number of carboxylic acid groups (broad SMARTS) is 1. The van der Waals surface area contributed by atoms with Crippen molar-refractivity contribution in [2.24, 2.45) is 0 Å². The van der Waals surface area contributed by atoms with Gasteiger partial charge in [0.2, 0.25) is 0 Å². The molecule has 11 heteroatoms. The van der Waals surface area contributed by atoms with Crippen LogP contribution >= 0.6 is 0 Å². The molecule has 196 valence electrons. The van der Waals surface area contributed by atoms with Crippen molar-refractivity contribution < 1.29 is 41.0 Å². The van der Waals surface area contributed by atoms with Gasteiger partial charge in [-0.05, 0) is 54.7 Å². The Hall–Kier alpha value is -2.79. The lowest BCUT2D eigenvalue weighted by Gasteiger charge is -2.46. The van der Waals surface area contributed by atoms with Crippen LogP contribution in [0.2, 0.25) is 0 Å². The van der Waals surface area contributed by atoms with Gasteiger partial charge in [-0.1, -0.05) is 24.3 Å². The second-order valence-corrected chi connectivity index (χ2v) is 9.24. The van der Waals surface area contributed by atoms with E-state index in [1.165, 1.54) is 11.8 Å². The van der Waals surface area contributed by atoms with E-state index in [4.69, 9.17) is 4.74 Å². The van der Waals surface area contributed by atoms with Gasteiger partial charge in [-0.3, -0.25) is 4.90 Å². The van der Waals surface area contributed by atoms with E-state index in [9.17, 15) is 36.2 Å². The van der Waals surface area contributed by atoms with Crippen LogP contribution < -0.4 is 0 Å². The van der Waals surface area contributed by atoms with Crippen molar-refractivity contribution in [3.05, 3.63) is 70.3 Å².